The molecule has 0 saturated heterocycles. The summed E-state index contributed by atoms with van der Waals surface area (Å²) in [4.78, 5) is 11.7. The Balaban J connectivity index is 2.01. The third kappa shape index (κ3) is 3.45. The van der Waals surface area contributed by atoms with Crippen LogP contribution >= 0.6 is 0 Å². The first-order chi connectivity index (χ1) is 8.46. The van der Waals surface area contributed by atoms with Crippen LogP contribution in [0.3, 0.4) is 0 Å². The highest BCUT2D eigenvalue weighted by Crippen LogP contribution is 2.25. The van der Waals surface area contributed by atoms with Gasteiger partial charge in [0.25, 0.3) is 0 Å². The van der Waals surface area contributed by atoms with Crippen molar-refractivity contribution in [3.8, 4) is 5.75 Å². The molecule has 1 aromatic carbocycles. The molecule has 2 nitrogen and oxygen atoms in total. The van der Waals surface area contributed by atoms with Gasteiger partial charge in [0, 0.05) is 20.1 Å². The van der Waals surface area contributed by atoms with E-state index in [1.54, 1.807) is 0 Å². The fourth-order valence-corrected chi connectivity index (χ4v) is 2.90. The van der Waals surface area contributed by atoms with Gasteiger partial charge in [-0.05, 0) is 42.6 Å². The van der Waals surface area contributed by atoms with Gasteiger partial charge in [0.05, 0.1) is 6.61 Å². The Morgan fingerprint density at radius 2 is 2.00 bits per heavy atom. The van der Waals surface area contributed by atoms with Crippen LogP contribution in [0, 0.1) is 0 Å². The minimum Gasteiger partial charge on any atom is -0.494 e. The minimum absolute atomic E-state index is 0.282. The van der Waals surface area contributed by atoms with Crippen LogP contribution in [-0.4, -0.2) is 20.5 Å². The summed E-state index contributed by atoms with van der Waals surface area (Å²) in [7, 11) is -1.03. The molecule has 18 heavy (non-hydrogen) atoms. The summed E-state index contributed by atoms with van der Waals surface area (Å²) >= 11 is 0. The summed E-state index contributed by atoms with van der Waals surface area (Å²) in [6.45, 7) is 7.84. The van der Waals surface area contributed by atoms with Gasteiger partial charge in [-0.15, -0.1) is 0 Å². The van der Waals surface area contributed by atoms with E-state index in [2.05, 4.69) is 25.7 Å². The smallest absolute Gasteiger partial charge is 0.163 e. The standard InChI is InChI=1S/C15H22O2Si/c1-18(2,3)10-9-17-13-7-8-14-12(11-13)5-4-6-15(14)16/h7-8,11H,4-6,9-10H2,1-3H3. The van der Waals surface area contributed by atoms with E-state index in [1.807, 2.05) is 12.1 Å². The second kappa shape index (κ2) is 5.27. The SMILES string of the molecule is C[Si](C)(C)CCOc1ccc2c(c1)CCCC2=O. The summed E-state index contributed by atoms with van der Waals surface area (Å²) in [5, 5.41) is 0. The molecule has 0 bridgehead atoms. The predicted octanol–water partition coefficient (Wildman–Crippen LogP) is 3.92. The molecule has 0 N–H and O–H groups in total. The van der Waals surface area contributed by atoms with E-state index in [4.69, 9.17) is 4.74 Å². The molecule has 1 aromatic rings. The van der Waals surface area contributed by atoms with Crippen LogP contribution < -0.4 is 4.74 Å². The lowest BCUT2D eigenvalue weighted by molar-refractivity contribution is 0.0972. The quantitative estimate of drug-likeness (QED) is 0.769. The van der Waals surface area contributed by atoms with Crippen molar-refractivity contribution in [3.63, 3.8) is 0 Å². The Morgan fingerprint density at radius 1 is 1.22 bits per heavy atom. The summed E-state index contributed by atoms with van der Waals surface area (Å²) < 4.78 is 5.81. The van der Waals surface area contributed by atoms with Gasteiger partial charge in [0.15, 0.2) is 5.78 Å². The number of hydrogen-bond donors (Lipinski definition) is 0. The molecule has 0 saturated carbocycles. The molecule has 3 heteroatoms. The topological polar surface area (TPSA) is 26.3 Å². The van der Waals surface area contributed by atoms with Gasteiger partial charge in [-0.25, -0.2) is 0 Å². The van der Waals surface area contributed by atoms with Gasteiger partial charge in [0.2, 0.25) is 0 Å². The zero-order valence-corrected chi connectivity index (χ0v) is 12.6. The second-order valence-electron chi connectivity index (χ2n) is 6.25. The molecule has 0 aliphatic heterocycles. The minimum atomic E-state index is -1.03. The second-order valence-corrected chi connectivity index (χ2v) is 11.9. The first-order valence-corrected chi connectivity index (χ1v) is 10.5. The van der Waals surface area contributed by atoms with E-state index >= 15 is 0 Å². The lowest BCUT2D eigenvalue weighted by Gasteiger charge is -2.18. The average Bonchev–Trinajstić information content (AvgIpc) is 2.27. The molecule has 0 atom stereocenters. The lowest BCUT2D eigenvalue weighted by Crippen LogP contribution is -2.22. The predicted molar refractivity (Wildman–Crippen MR) is 77.4 cm³/mol. The Kier molecular flexibility index (Phi) is 3.90. The Bertz CT molecular complexity index is 446. The number of aryl methyl sites for hydroxylation is 1. The van der Waals surface area contributed by atoms with Crippen molar-refractivity contribution in [1.29, 1.82) is 0 Å². The Labute approximate surface area is 110 Å². The Morgan fingerprint density at radius 3 is 2.72 bits per heavy atom. The Hall–Kier alpha value is -1.09. The van der Waals surface area contributed by atoms with Gasteiger partial charge < -0.3 is 4.74 Å². The van der Waals surface area contributed by atoms with Crippen molar-refractivity contribution in [3.05, 3.63) is 29.3 Å². The monoisotopic (exact) mass is 262 g/mol. The van der Waals surface area contributed by atoms with Crippen LogP contribution in [0.15, 0.2) is 18.2 Å². The van der Waals surface area contributed by atoms with Crippen molar-refractivity contribution in [2.24, 2.45) is 0 Å². The van der Waals surface area contributed by atoms with Crippen molar-refractivity contribution in [1.82, 2.24) is 0 Å². The molecular weight excluding hydrogens is 240 g/mol. The molecule has 0 radical (unpaired) electrons. The number of benzene rings is 1. The van der Waals surface area contributed by atoms with E-state index in [9.17, 15) is 4.79 Å². The summed E-state index contributed by atoms with van der Waals surface area (Å²) in [5.74, 6) is 1.20. The van der Waals surface area contributed by atoms with Crippen molar-refractivity contribution < 1.29 is 9.53 Å². The van der Waals surface area contributed by atoms with Crippen LogP contribution in [0.25, 0.3) is 0 Å². The van der Waals surface area contributed by atoms with Crippen LogP contribution in [0.4, 0.5) is 0 Å². The molecule has 0 fully saturated rings. The fourth-order valence-electron chi connectivity index (χ4n) is 2.19. The number of Topliss-reactive ketones (excluding diaryl/α,β-unsaturated/α-hetero) is 1. The van der Waals surface area contributed by atoms with Gasteiger partial charge in [0.1, 0.15) is 5.75 Å². The largest absolute Gasteiger partial charge is 0.494 e. The highest BCUT2D eigenvalue weighted by atomic mass is 28.3. The maximum Gasteiger partial charge on any atom is 0.163 e. The maximum atomic E-state index is 11.7. The lowest BCUT2D eigenvalue weighted by atomic mass is 9.91. The van der Waals surface area contributed by atoms with E-state index in [0.717, 1.165) is 36.3 Å². The normalized spacial score (nSPS) is 15.4. The van der Waals surface area contributed by atoms with Gasteiger partial charge >= 0.3 is 0 Å². The molecule has 98 valence electrons. The van der Waals surface area contributed by atoms with Crippen molar-refractivity contribution in [2.75, 3.05) is 6.61 Å². The van der Waals surface area contributed by atoms with Crippen LogP contribution in [-0.2, 0) is 6.42 Å². The number of hydrogen-bond acceptors (Lipinski definition) is 2. The van der Waals surface area contributed by atoms with Gasteiger partial charge in [-0.2, -0.15) is 0 Å². The first kappa shape index (κ1) is 13.3. The molecular formula is C15H22O2Si. The first-order valence-electron chi connectivity index (χ1n) is 6.75. The molecule has 1 aliphatic carbocycles. The van der Waals surface area contributed by atoms with Gasteiger partial charge in [-0.3, -0.25) is 4.79 Å². The van der Waals surface area contributed by atoms with Crippen LogP contribution in [0.1, 0.15) is 28.8 Å². The van der Waals surface area contributed by atoms with Crippen molar-refractivity contribution >= 4 is 13.9 Å². The van der Waals surface area contributed by atoms with E-state index in [-0.39, 0.29) is 5.78 Å². The number of carbonyl (C=O) groups is 1. The number of carbonyl (C=O) groups excluding carboxylic acids is 1. The summed E-state index contributed by atoms with van der Waals surface area (Å²) in [6.07, 6.45) is 2.68. The highest BCUT2D eigenvalue weighted by Gasteiger charge is 2.17. The molecule has 0 amide bonds. The third-order valence-corrected chi connectivity index (χ3v) is 5.05. The van der Waals surface area contributed by atoms with Crippen LogP contribution in [0.2, 0.25) is 25.7 Å². The van der Waals surface area contributed by atoms with Gasteiger partial charge in [-0.1, -0.05) is 19.6 Å². The number of ketones is 1. The van der Waals surface area contributed by atoms with Crippen molar-refractivity contribution in [2.45, 2.75) is 44.9 Å². The van der Waals surface area contributed by atoms with Crippen LogP contribution in [0.5, 0.6) is 5.75 Å². The maximum absolute atomic E-state index is 11.7. The number of fused-ring (bicyclic) bond motifs is 1. The molecule has 2 rings (SSSR count). The fraction of sp³-hybridized carbons (Fsp3) is 0.533. The molecule has 0 aromatic heterocycles. The zero-order valence-electron chi connectivity index (χ0n) is 11.6. The van der Waals surface area contributed by atoms with E-state index in [1.165, 1.54) is 6.04 Å². The summed E-state index contributed by atoms with van der Waals surface area (Å²) in [5.41, 5.74) is 2.07. The molecule has 0 heterocycles. The number of ether oxygens (including phenoxy) is 1. The third-order valence-electron chi connectivity index (χ3n) is 3.35. The zero-order chi connectivity index (χ0) is 13.2. The van der Waals surface area contributed by atoms with E-state index < -0.39 is 8.07 Å². The summed E-state index contributed by atoms with van der Waals surface area (Å²) in [6, 6.07) is 7.09. The average molecular weight is 262 g/mol. The molecule has 1 aliphatic rings. The number of rotatable bonds is 4. The highest BCUT2D eigenvalue weighted by molar-refractivity contribution is 6.76. The molecule has 0 spiro atoms. The van der Waals surface area contributed by atoms with E-state index in [0.29, 0.717) is 6.42 Å². The molecule has 0 unspecified atom stereocenters.